The zero-order valence-corrected chi connectivity index (χ0v) is 19.7. The van der Waals surface area contributed by atoms with E-state index in [0.717, 1.165) is 12.1 Å². The van der Waals surface area contributed by atoms with E-state index in [1.807, 2.05) is 0 Å². The van der Waals surface area contributed by atoms with Gasteiger partial charge < -0.3 is 9.80 Å². The van der Waals surface area contributed by atoms with Gasteiger partial charge >= 0.3 is 0 Å². The van der Waals surface area contributed by atoms with Gasteiger partial charge in [0, 0.05) is 35.9 Å². The second-order valence-corrected chi connectivity index (χ2v) is 10.5. The molecule has 0 aromatic heterocycles. The Hall–Kier alpha value is -3.08. The van der Waals surface area contributed by atoms with Gasteiger partial charge in [0.2, 0.25) is 15.9 Å². The Morgan fingerprint density at radius 2 is 1.66 bits per heavy atom. The molecule has 2 aliphatic rings. The molecule has 182 valence electrons. The number of halogens is 4. The number of nitrogens with zero attached hydrogens (tertiary/aromatic N) is 2. The molecule has 2 heterocycles. The van der Waals surface area contributed by atoms with Crippen molar-refractivity contribution in [2.24, 2.45) is 11.1 Å². The average molecular weight is 522 g/mol. The third-order valence-electron chi connectivity index (χ3n) is 6.35. The topological polar surface area (TPSA) is 83.7 Å². The van der Waals surface area contributed by atoms with Crippen molar-refractivity contribution in [3.8, 4) is 11.1 Å². The Labute approximate surface area is 204 Å². The molecule has 0 spiro atoms. The van der Waals surface area contributed by atoms with Crippen molar-refractivity contribution in [3.05, 3.63) is 76.6 Å². The molecule has 11 heteroatoms. The largest absolute Gasteiger partial charge is 0.365 e. The quantitative estimate of drug-likeness (QED) is 0.560. The SMILES string of the molecule is NS(=O)(=O)c1cc2c(cc1F)CCN2C(=O)C1CN(c2c(F)cc(-c3ccccc3Cl)cc2F)C1. The third kappa shape index (κ3) is 4.15. The van der Waals surface area contributed by atoms with Crippen molar-refractivity contribution in [1.82, 2.24) is 0 Å². The fourth-order valence-corrected chi connectivity index (χ4v) is 5.44. The summed E-state index contributed by atoms with van der Waals surface area (Å²) in [4.78, 5) is 15.2. The number of amides is 1. The van der Waals surface area contributed by atoms with Crippen LogP contribution >= 0.6 is 11.6 Å². The lowest BCUT2D eigenvalue weighted by molar-refractivity contribution is -0.123. The number of hydrogen-bond donors (Lipinski definition) is 1. The number of fused-ring (bicyclic) bond motifs is 1. The zero-order chi connectivity index (χ0) is 25.1. The lowest BCUT2D eigenvalue weighted by Gasteiger charge is -2.41. The van der Waals surface area contributed by atoms with E-state index in [4.69, 9.17) is 16.7 Å². The Balaban J connectivity index is 1.34. The van der Waals surface area contributed by atoms with Gasteiger partial charge in [0.25, 0.3) is 0 Å². The highest BCUT2D eigenvalue weighted by Crippen LogP contribution is 2.38. The smallest absolute Gasteiger partial charge is 0.241 e. The van der Waals surface area contributed by atoms with Gasteiger partial charge in [0.1, 0.15) is 28.0 Å². The summed E-state index contributed by atoms with van der Waals surface area (Å²) in [5.74, 6) is -3.41. The summed E-state index contributed by atoms with van der Waals surface area (Å²) in [6.07, 6.45) is 0.353. The minimum absolute atomic E-state index is 0.0766. The molecule has 0 radical (unpaired) electrons. The minimum atomic E-state index is -4.31. The molecular weight excluding hydrogens is 503 g/mol. The fraction of sp³-hybridized carbons (Fsp3) is 0.208. The highest BCUT2D eigenvalue weighted by molar-refractivity contribution is 7.89. The van der Waals surface area contributed by atoms with E-state index in [0.29, 0.717) is 28.1 Å². The van der Waals surface area contributed by atoms with Crippen LogP contribution in [0.4, 0.5) is 24.5 Å². The summed E-state index contributed by atoms with van der Waals surface area (Å²) >= 11 is 6.14. The number of sulfonamides is 1. The highest BCUT2D eigenvalue weighted by Gasteiger charge is 2.40. The van der Waals surface area contributed by atoms with Crippen molar-refractivity contribution in [2.45, 2.75) is 11.3 Å². The lowest BCUT2D eigenvalue weighted by atomic mass is 9.96. The van der Waals surface area contributed by atoms with Crippen molar-refractivity contribution < 1.29 is 26.4 Å². The summed E-state index contributed by atoms with van der Waals surface area (Å²) in [6.45, 7) is 0.397. The third-order valence-corrected chi connectivity index (χ3v) is 7.61. The monoisotopic (exact) mass is 521 g/mol. The number of hydrogen-bond acceptors (Lipinski definition) is 4. The van der Waals surface area contributed by atoms with Gasteiger partial charge in [-0.05, 0) is 47.9 Å². The van der Waals surface area contributed by atoms with Crippen LogP contribution in [0.3, 0.4) is 0 Å². The molecule has 0 saturated carbocycles. The summed E-state index contributed by atoms with van der Waals surface area (Å²) < 4.78 is 67.3. The first-order valence-corrected chi connectivity index (χ1v) is 12.6. The maximum Gasteiger partial charge on any atom is 0.241 e. The number of carbonyl (C=O) groups is 1. The lowest BCUT2D eigenvalue weighted by Crippen LogP contribution is -2.55. The molecule has 0 aliphatic carbocycles. The Kier molecular flexibility index (Phi) is 5.77. The number of primary sulfonamides is 1. The van der Waals surface area contributed by atoms with Crippen LogP contribution in [0, 0.1) is 23.4 Å². The van der Waals surface area contributed by atoms with E-state index in [1.165, 1.54) is 21.9 Å². The Morgan fingerprint density at radius 1 is 1.00 bits per heavy atom. The van der Waals surface area contributed by atoms with Gasteiger partial charge in [0.05, 0.1) is 5.92 Å². The first kappa shape index (κ1) is 23.7. The highest BCUT2D eigenvalue weighted by atomic mass is 35.5. The first-order chi connectivity index (χ1) is 16.5. The van der Waals surface area contributed by atoms with Crippen LogP contribution in [-0.4, -0.2) is 34.0 Å². The molecule has 1 fully saturated rings. The van der Waals surface area contributed by atoms with Crippen molar-refractivity contribution in [1.29, 1.82) is 0 Å². The van der Waals surface area contributed by atoms with Gasteiger partial charge in [-0.2, -0.15) is 0 Å². The average Bonchev–Trinajstić information content (AvgIpc) is 3.16. The maximum atomic E-state index is 14.9. The summed E-state index contributed by atoms with van der Waals surface area (Å²) in [7, 11) is -4.31. The molecule has 0 atom stereocenters. The zero-order valence-electron chi connectivity index (χ0n) is 18.1. The number of nitrogens with two attached hydrogens (primary N) is 1. The van der Waals surface area contributed by atoms with Crippen LogP contribution in [0.25, 0.3) is 11.1 Å². The molecule has 5 rings (SSSR count). The van der Waals surface area contributed by atoms with Crippen LogP contribution < -0.4 is 14.9 Å². The van der Waals surface area contributed by atoms with Gasteiger partial charge in [-0.25, -0.2) is 26.7 Å². The first-order valence-electron chi connectivity index (χ1n) is 10.7. The van der Waals surface area contributed by atoms with Crippen molar-refractivity contribution in [3.63, 3.8) is 0 Å². The number of anilines is 2. The standard InChI is InChI=1S/C24H19ClF3N3O3S/c25-17-4-2-1-3-16(17)14-8-19(27)23(20(28)9-14)30-11-15(12-30)24(32)31-6-5-13-7-18(26)22(10-21(13)31)35(29,33)34/h1-4,7-10,15H,5-6,11-12H2,(H2,29,33,34). The van der Waals surface area contributed by atoms with Crippen molar-refractivity contribution in [2.75, 3.05) is 29.4 Å². The maximum absolute atomic E-state index is 14.9. The normalized spacial score (nSPS) is 15.8. The van der Waals surface area contributed by atoms with Gasteiger partial charge in [-0.3, -0.25) is 4.79 Å². The molecule has 2 N–H and O–H groups in total. The van der Waals surface area contributed by atoms with Crippen LogP contribution in [-0.2, 0) is 21.2 Å². The molecule has 35 heavy (non-hydrogen) atoms. The Morgan fingerprint density at radius 3 is 2.29 bits per heavy atom. The molecule has 2 aliphatic heterocycles. The predicted octanol–water partition coefficient (Wildman–Crippen LogP) is 4.10. The van der Waals surface area contributed by atoms with E-state index in [9.17, 15) is 26.4 Å². The van der Waals surface area contributed by atoms with E-state index >= 15 is 0 Å². The van der Waals surface area contributed by atoms with E-state index < -0.39 is 38.3 Å². The second-order valence-electron chi connectivity index (χ2n) is 8.57. The van der Waals surface area contributed by atoms with E-state index in [2.05, 4.69) is 0 Å². The molecule has 3 aromatic carbocycles. The van der Waals surface area contributed by atoms with Gasteiger partial charge in [-0.1, -0.05) is 29.8 Å². The van der Waals surface area contributed by atoms with Crippen LogP contribution in [0.15, 0.2) is 53.4 Å². The summed E-state index contributed by atoms with van der Waals surface area (Å²) in [5.41, 5.74) is 1.34. The molecule has 1 amide bonds. The summed E-state index contributed by atoms with van der Waals surface area (Å²) in [5, 5.41) is 5.45. The second kappa shape index (κ2) is 8.54. The number of carbonyl (C=O) groups excluding carboxylic acids is 1. The number of benzene rings is 3. The van der Waals surface area contributed by atoms with Gasteiger partial charge in [-0.15, -0.1) is 0 Å². The summed E-state index contributed by atoms with van der Waals surface area (Å²) in [6, 6.07) is 11.3. The molecule has 6 nitrogen and oxygen atoms in total. The molecule has 1 saturated heterocycles. The van der Waals surface area contributed by atoms with E-state index in [-0.39, 0.29) is 36.9 Å². The molecular formula is C24H19ClF3N3O3S. The van der Waals surface area contributed by atoms with Crippen LogP contribution in [0.2, 0.25) is 5.02 Å². The van der Waals surface area contributed by atoms with Gasteiger partial charge in [0.15, 0.2) is 0 Å². The van der Waals surface area contributed by atoms with Crippen LogP contribution in [0.5, 0.6) is 0 Å². The van der Waals surface area contributed by atoms with Crippen LogP contribution in [0.1, 0.15) is 5.56 Å². The predicted molar refractivity (Wildman–Crippen MR) is 126 cm³/mol. The fourth-order valence-electron chi connectivity index (χ4n) is 4.59. The molecule has 0 bridgehead atoms. The van der Waals surface area contributed by atoms with Crippen molar-refractivity contribution >= 4 is 38.9 Å². The molecule has 3 aromatic rings. The van der Waals surface area contributed by atoms with E-state index in [1.54, 1.807) is 24.3 Å². The number of rotatable bonds is 4. The molecule has 0 unspecified atom stereocenters. The Bertz CT molecular complexity index is 1450. The minimum Gasteiger partial charge on any atom is -0.365 e.